The Labute approximate surface area is 94.7 Å². The van der Waals surface area contributed by atoms with Gasteiger partial charge in [-0.1, -0.05) is 6.58 Å². The second-order valence-electron chi connectivity index (χ2n) is 3.71. The van der Waals surface area contributed by atoms with Gasteiger partial charge in [-0.2, -0.15) is 0 Å². The summed E-state index contributed by atoms with van der Waals surface area (Å²) in [6.45, 7) is 7.54. The molecule has 16 heavy (non-hydrogen) atoms. The molecular formula is C11H16N2O3. The summed E-state index contributed by atoms with van der Waals surface area (Å²) in [7, 11) is 0. The summed E-state index contributed by atoms with van der Waals surface area (Å²) in [6.07, 6.45) is 3.03. The molecule has 1 aliphatic heterocycles. The zero-order chi connectivity index (χ0) is 12.1. The first kappa shape index (κ1) is 12.4. The highest BCUT2D eigenvalue weighted by Crippen LogP contribution is 2.11. The third-order valence-corrected chi connectivity index (χ3v) is 2.02. The van der Waals surface area contributed by atoms with Gasteiger partial charge in [0.1, 0.15) is 13.3 Å². The van der Waals surface area contributed by atoms with Crippen LogP contribution in [0.25, 0.3) is 0 Å². The normalized spacial score (nSPS) is 15.1. The van der Waals surface area contributed by atoms with Crippen LogP contribution in [0.3, 0.4) is 0 Å². The number of rotatable bonds is 5. The molecule has 1 aliphatic rings. The van der Waals surface area contributed by atoms with Gasteiger partial charge in [0.25, 0.3) is 5.91 Å². The van der Waals surface area contributed by atoms with Crippen molar-refractivity contribution < 1.29 is 14.3 Å². The van der Waals surface area contributed by atoms with Crippen molar-refractivity contribution in [2.45, 2.75) is 20.0 Å². The predicted molar refractivity (Wildman–Crippen MR) is 59.2 cm³/mol. The fourth-order valence-electron chi connectivity index (χ4n) is 1.16. The molecule has 0 aromatic rings. The zero-order valence-corrected chi connectivity index (χ0v) is 9.53. The molecule has 88 valence electrons. The SMILES string of the molecule is C=C1C=CC(=O)N1CC(=O)NCOC(C)C. The van der Waals surface area contributed by atoms with Crippen LogP contribution in [0.5, 0.6) is 0 Å². The number of allylic oxidation sites excluding steroid dienone is 1. The molecule has 0 aromatic carbocycles. The number of carbonyl (C=O) groups excluding carboxylic acids is 2. The smallest absolute Gasteiger partial charge is 0.251 e. The van der Waals surface area contributed by atoms with E-state index in [2.05, 4.69) is 11.9 Å². The summed E-state index contributed by atoms with van der Waals surface area (Å²) in [5.74, 6) is -0.483. The van der Waals surface area contributed by atoms with Crippen LogP contribution in [-0.2, 0) is 14.3 Å². The number of hydrogen-bond donors (Lipinski definition) is 1. The molecule has 0 fully saturated rings. The second-order valence-corrected chi connectivity index (χ2v) is 3.71. The molecular weight excluding hydrogens is 208 g/mol. The molecule has 0 saturated heterocycles. The Balaban J connectivity index is 2.29. The van der Waals surface area contributed by atoms with Crippen LogP contribution in [0.1, 0.15) is 13.8 Å². The molecule has 0 aromatic heterocycles. The lowest BCUT2D eigenvalue weighted by molar-refractivity contribution is -0.131. The van der Waals surface area contributed by atoms with Gasteiger partial charge in [0.05, 0.1) is 6.10 Å². The summed E-state index contributed by atoms with van der Waals surface area (Å²) in [6, 6.07) is 0. The summed E-state index contributed by atoms with van der Waals surface area (Å²) >= 11 is 0. The van der Waals surface area contributed by atoms with E-state index in [0.29, 0.717) is 5.70 Å². The minimum Gasteiger partial charge on any atom is -0.359 e. The van der Waals surface area contributed by atoms with Crippen molar-refractivity contribution in [2.75, 3.05) is 13.3 Å². The summed E-state index contributed by atoms with van der Waals surface area (Å²) in [5.41, 5.74) is 0.532. The number of nitrogens with one attached hydrogen (secondary N) is 1. The van der Waals surface area contributed by atoms with Gasteiger partial charge in [-0.15, -0.1) is 0 Å². The highest BCUT2D eigenvalue weighted by Gasteiger charge is 2.20. The molecule has 2 amide bonds. The van der Waals surface area contributed by atoms with Gasteiger partial charge >= 0.3 is 0 Å². The maximum absolute atomic E-state index is 11.4. The Bertz CT molecular complexity index is 316. The molecule has 0 unspecified atom stereocenters. The van der Waals surface area contributed by atoms with Gasteiger partial charge in [-0.3, -0.25) is 9.59 Å². The van der Waals surface area contributed by atoms with E-state index in [1.165, 1.54) is 11.0 Å². The lowest BCUT2D eigenvalue weighted by Gasteiger charge is -2.17. The van der Waals surface area contributed by atoms with Gasteiger partial charge in [0, 0.05) is 11.8 Å². The molecule has 1 heterocycles. The van der Waals surface area contributed by atoms with E-state index in [1.807, 2.05) is 13.8 Å². The largest absolute Gasteiger partial charge is 0.359 e. The van der Waals surface area contributed by atoms with E-state index in [1.54, 1.807) is 6.08 Å². The van der Waals surface area contributed by atoms with Crippen molar-refractivity contribution in [3.05, 3.63) is 24.4 Å². The van der Waals surface area contributed by atoms with Crippen molar-refractivity contribution >= 4 is 11.8 Å². The van der Waals surface area contributed by atoms with Gasteiger partial charge in [0.2, 0.25) is 5.91 Å². The van der Waals surface area contributed by atoms with E-state index < -0.39 is 0 Å². The summed E-state index contributed by atoms with van der Waals surface area (Å²) in [4.78, 5) is 24.0. The Morgan fingerprint density at radius 1 is 1.56 bits per heavy atom. The van der Waals surface area contributed by atoms with Crippen LogP contribution < -0.4 is 5.32 Å². The highest BCUT2D eigenvalue weighted by atomic mass is 16.5. The van der Waals surface area contributed by atoms with E-state index in [4.69, 9.17) is 4.74 Å². The molecule has 5 nitrogen and oxygen atoms in total. The number of ether oxygens (including phenoxy) is 1. The standard InChI is InChI=1S/C11H16N2O3/c1-8(2)16-7-12-10(14)6-13-9(3)4-5-11(13)15/h4-5,8H,3,6-7H2,1-2H3,(H,12,14). The summed E-state index contributed by atoms with van der Waals surface area (Å²) < 4.78 is 5.16. The third kappa shape index (κ3) is 3.51. The van der Waals surface area contributed by atoms with Crippen LogP contribution in [0.15, 0.2) is 24.4 Å². The minimum atomic E-state index is -0.265. The molecule has 5 heteroatoms. The monoisotopic (exact) mass is 224 g/mol. The number of amides is 2. The average molecular weight is 224 g/mol. The molecule has 0 atom stereocenters. The molecule has 0 saturated carbocycles. The maximum Gasteiger partial charge on any atom is 0.251 e. The van der Waals surface area contributed by atoms with Crippen LogP contribution >= 0.6 is 0 Å². The van der Waals surface area contributed by atoms with Crippen LogP contribution in [0.2, 0.25) is 0 Å². The van der Waals surface area contributed by atoms with E-state index >= 15 is 0 Å². The molecule has 0 bridgehead atoms. The molecule has 1 N–H and O–H groups in total. The van der Waals surface area contributed by atoms with E-state index in [9.17, 15) is 9.59 Å². The molecule has 1 rings (SSSR count). The number of carbonyl (C=O) groups is 2. The highest BCUT2D eigenvalue weighted by molar-refractivity contribution is 5.96. The minimum absolute atomic E-state index is 0.0217. The topological polar surface area (TPSA) is 58.6 Å². The Kier molecular flexibility index (Phi) is 4.25. The Hall–Kier alpha value is -1.62. The fourth-order valence-corrected chi connectivity index (χ4v) is 1.16. The average Bonchev–Trinajstić information content (AvgIpc) is 2.49. The van der Waals surface area contributed by atoms with Crippen molar-refractivity contribution in [2.24, 2.45) is 0 Å². The van der Waals surface area contributed by atoms with Gasteiger partial charge in [-0.25, -0.2) is 0 Å². The van der Waals surface area contributed by atoms with Crippen molar-refractivity contribution in [1.82, 2.24) is 10.2 Å². The first-order valence-electron chi connectivity index (χ1n) is 5.07. The quantitative estimate of drug-likeness (QED) is 0.687. The van der Waals surface area contributed by atoms with Crippen LogP contribution in [-0.4, -0.2) is 36.1 Å². The van der Waals surface area contributed by atoms with Crippen molar-refractivity contribution in [3.63, 3.8) is 0 Å². The third-order valence-electron chi connectivity index (χ3n) is 2.02. The van der Waals surface area contributed by atoms with Gasteiger partial charge in [0.15, 0.2) is 0 Å². The predicted octanol–water partition coefficient (Wildman–Crippen LogP) is 0.397. The molecule has 0 spiro atoms. The van der Waals surface area contributed by atoms with Crippen molar-refractivity contribution in [1.29, 1.82) is 0 Å². The van der Waals surface area contributed by atoms with Gasteiger partial charge < -0.3 is 15.0 Å². The first-order chi connectivity index (χ1) is 7.50. The first-order valence-corrected chi connectivity index (χ1v) is 5.07. The maximum atomic E-state index is 11.4. The summed E-state index contributed by atoms with van der Waals surface area (Å²) in [5, 5.41) is 2.56. The van der Waals surface area contributed by atoms with Crippen molar-refractivity contribution in [3.8, 4) is 0 Å². The van der Waals surface area contributed by atoms with E-state index in [-0.39, 0.29) is 31.2 Å². The Morgan fingerprint density at radius 3 is 2.75 bits per heavy atom. The van der Waals surface area contributed by atoms with Gasteiger partial charge in [-0.05, 0) is 19.9 Å². The number of nitrogens with zero attached hydrogens (tertiary/aromatic N) is 1. The number of hydrogen-bond acceptors (Lipinski definition) is 3. The lowest BCUT2D eigenvalue weighted by atomic mass is 10.4. The van der Waals surface area contributed by atoms with Crippen LogP contribution in [0.4, 0.5) is 0 Å². The fraction of sp³-hybridized carbons (Fsp3) is 0.455. The Morgan fingerprint density at radius 2 is 2.25 bits per heavy atom. The second kappa shape index (κ2) is 5.46. The molecule has 0 aliphatic carbocycles. The molecule has 0 radical (unpaired) electrons. The zero-order valence-electron chi connectivity index (χ0n) is 9.53. The van der Waals surface area contributed by atoms with Crippen LogP contribution in [0, 0.1) is 0 Å². The van der Waals surface area contributed by atoms with E-state index in [0.717, 1.165) is 0 Å². The lowest BCUT2D eigenvalue weighted by Crippen LogP contribution is -2.38.